The van der Waals surface area contributed by atoms with Crippen LogP contribution in [0.2, 0.25) is 0 Å². The second-order valence-corrected chi connectivity index (χ2v) is 6.09. The van der Waals surface area contributed by atoms with Crippen LogP contribution in [-0.4, -0.2) is 26.7 Å². The van der Waals surface area contributed by atoms with Gasteiger partial charge in [0.15, 0.2) is 0 Å². The minimum atomic E-state index is -0.229. The molecule has 1 saturated carbocycles. The van der Waals surface area contributed by atoms with Crippen molar-refractivity contribution in [1.82, 2.24) is 20.5 Å². The zero-order chi connectivity index (χ0) is 15.0. The molecule has 2 N–H and O–H groups in total. The summed E-state index contributed by atoms with van der Waals surface area (Å²) in [5.41, 5.74) is 0.904. The molecule has 6 heteroatoms. The molecule has 1 atom stereocenters. The summed E-state index contributed by atoms with van der Waals surface area (Å²) >= 11 is 0. The number of hydrogen-bond acceptors (Lipinski definition) is 4. The molecule has 2 heterocycles. The number of nitrogens with zero attached hydrogens (tertiary/aromatic N) is 2. The number of benzene rings is 1. The number of aromatic amines is 1. The van der Waals surface area contributed by atoms with Crippen molar-refractivity contribution in [3.8, 4) is 5.75 Å². The zero-order valence-electron chi connectivity index (χ0n) is 12.2. The molecular weight excluding hydrogens is 280 g/mol. The van der Waals surface area contributed by atoms with E-state index in [1.165, 1.54) is 19.2 Å². The molecule has 6 nitrogen and oxygen atoms in total. The lowest BCUT2D eigenvalue weighted by atomic mass is 9.86. The first kappa shape index (κ1) is 13.3. The molecule has 1 aliphatic carbocycles. The first-order chi connectivity index (χ1) is 10.8. The van der Waals surface area contributed by atoms with Crippen LogP contribution in [0.3, 0.4) is 0 Å². The van der Waals surface area contributed by atoms with Crippen LogP contribution in [-0.2, 0) is 0 Å². The van der Waals surface area contributed by atoms with E-state index < -0.39 is 0 Å². The maximum absolute atomic E-state index is 12.3. The van der Waals surface area contributed by atoms with E-state index in [1.54, 1.807) is 0 Å². The van der Waals surface area contributed by atoms with Crippen molar-refractivity contribution in [1.29, 1.82) is 0 Å². The Morgan fingerprint density at radius 1 is 1.32 bits per heavy atom. The predicted octanol–water partition coefficient (Wildman–Crippen LogP) is 2.37. The van der Waals surface area contributed by atoms with Crippen molar-refractivity contribution in [3.05, 3.63) is 42.0 Å². The molecule has 2 aliphatic rings. The maximum atomic E-state index is 12.3. The SMILES string of the molecule is O=C(N[C@@H]1CC2(CCCC2)Oc2ccccc21)c1ncn[nH]1. The second kappa shape index (κ2) is 5.12. The number of para-hydroxylation sites is 1. The van der Waals surface area contributed by atoms with E-state index in [1.807, 2.05) is 24.3 Å². The Morgan fingerprint density at radius 3 is 2.91 bits per heavy atom. The van der Waals surface area contributed by atoms with Gasteiger partial charge in [-0.15, -0.1) is 0 Å². The number of H-pyrrole nitrogens is 1. The van der Waals surface area contributed by atoms with Gasteiger partial charge in [0.05, 0.1) is 6.04 Å². The zero-order valence-corrected chi connectivity index (χ0v) is 12.2. The minimum Gasteiger partial charge on any atom is -0.487 e. The fraction of sp³-hybridized carbons (Fsp3) is 0.438. The van der Waals surface area contributed by atoms with Crippen LogP contribution in [0, 0.1) is 0 Å². The van der Waals surface area contributed by atoms with Crippen LogP contribution in [0.15, 0.2) is 30.6 Å². The average molecular weight is 298 g/mol. The number of ether oxygens (including phenoxy) is 1. The lowest BCUT2D eigenvalue weighted by Gasteiger charge is -2.40. The van der Waals surface area contributed by atoms with Gasteiger partial charge in [0, 0.05) is 12.0 Å². The average Bonchev–Trinajstić information content (AvgIpc) is 3.19. The monoisotopic (exact) mass is 298 g/mol. The number of fused-ring (bicyclic) bond motifs is 1. The Hall–Kier alpha value is -2.37. The number of carbonyl (C=O) groups excluding carboxylic acids is 1. The van der Waals surface area contributed by atoms with E-state index in [-0.39, 0.29) is 23.4 Å². The second-order valence-electron chi connectivity index (χ2n) is 6.09. The van der Waals surface area contributed by atoms with E-state index in [2.05, 4.69) is 20.5 Å². The molecule has 4 rings (SSSR count). The number of amides is 1. The molecule has 1 amide bonds. The van der Waals surface area contributed by atoms with Crippen molar-refractivity contribution in [2.24, 2.45) is 0 Å². The fourth-order valence-corrected chi connectivity index (χ4v) is 3.61. The summed E-state index contributed by atoms with van der Waals surface area (Å²) in [7, 11) is 0. The first-order valence-electron chi connectivity index (χ1n) is 7.70. The lowest BCUT2D eigenvalue weighted by Crippen LogP contribution is -2.43. The van der Waals surface area contributed by atoms with Crippen LogP contribution < -0.4 is 10.1 Å². The molecule has 0 saturated heterocycles. The third kappa shape index (κ3) is 2.24. The lowest BCUT2D eigenvalue weighted by molar-refractivity contribution is 0.0359. The van der Waals surface area contributed by atoms with Gasteiger partial charge in [-0.1, -0.05) is 18.2 Å². The third-order valence-corrected chi connectivity index (χ3v) is 4.65. The Kier molecular flexibility index (Phi) is 3.10. The molecule has 0 radical (unpaired) electrons. The minimum absolute atomic E-state index is 0.0550. The molecule has 2 aromatic rings. The fourth-order valence-electron chi connectivity index (χ4n) is 3.61. The van der Waals surface area contributed by atoms with Crippen molar-refractivity contribution < 1.29 is 9.53 Å². The molecule has 1 aliphatic heterocycles. The summed E-state index contributed by atoms with van der Waals surface area (Å²) < 4.78 is 6.30. The molecule has 1 spiro atoms. The number of rotatable bonds is 2. The van der Waals surface area contributed by atoms with Crippen LogP contribution in [0.4, 0.5) is 0 Å². The Morgan fingerprint density at radius 2 is 2.14 bits per heavy atom. The van der Waals surface area contributed by atoms with Gasteiger partial charge in [-0.2, -0.15) is 5.10 Å². The highest BCUT2D eigenvalue weighted by molar-refractivity contribution is 5.90. The van der Waals surface area contributed by atoms with Crippen LogP contribution in [0.5, 0.6) is 5.75 Å². The van der Waals surface area contributed by atoms with E-state index in [9.17, 15) is 4.79 Å². The maximum Gasteiger partial charge on any atom is 0.289 e. The van der Waals surface area contributed by atoms with Gasteiger partial charge in [-0.05, 0) is 31.7 Å². The summed E-state index contributed by atoms with van der Waals surface area (Å²) in [5.74, 6) is 0.898. The topological polar surface area (TPSA) is 79.9 Å². The van der Waals surface area contributed by atoms with Gasteiger partial charge in [-0.3, -0.25) is 9.89 Å². The van der Waals surface area contributed by atoms with E-state index in [0.717, 1.165) is 30.6 Å². The number of hydrogen-bond donors (Lipinski definition) is 2. The quantitative estimate of drug-likeness (QED) is 0.892. The van der Waals surface area contributed by atoms with Crippen molar-refractivity contribution >= 4 is 5.91 Å². The van der Waals surface area contributed by atoms with Gasteiger partial charge in [0.25, 0.3) is 5.91 Å². The van der Waals surface area contributed by atoms with Crippen LogP contribution in [0.1, 0.15) is 54.3 Å². The largest absolute Gasteiger partial charge is 0.487 e. The summed E-state index contributed by atoms with van der Waals surface area (Å²) in [4.78, 5) is 16.2. The number of carbonyl (C=O) groups is 1. The Bertz CT molecular complexity index is 677. The van der Waals surface area contributed by atoms with Crippen LogP contribution in [0.25, 0.3) is 0 Å². The third-order valence-electron chi connectivity index (χ3n) is 4.65. The number of nitrogens with one attached hydrogen (secondary N) is 2. The summed E-state index contributed by atoms with van der Waals surface area (Å²) in [6.45, 7) is 0. The van der Waals surface area contributed by atoms with Gasteiger partial charge >= 0.3 is 0 Å². The molecule has 1 fully saturated rings. The van der Waals surface area contributed by atoms with E-state index >= 15 is 0 Å². The first-order valence-corrected chi connectivity index (χ1v) is 7.70. The Balaban J connectivity index is 1.63. The molecule has 0 unspecified atom stereocenters. The molecule has 1 aromatic heterocycles. The van der Waals surface area contributed by atoms with Crippen molar-refractivity contribution in [2.75, 3.05) is 0 Å². The molecule has 114 valence electrons. The number of aromatic nitrogens is 3. The Labute approximate surface area is 128 Å². The highest BCUT2D eigenvalue weighted by atomic mass is 16.5. The predicted molar refractivity (Wildman–Crippen MR) is 79.5 cm³/mol. The van der Waals surface area contributed by atoms with Gasteiger partial charge in [-0.25, -0.2) is 4.98 Å². The van der Waals surface area contributed by atoms with Gasteiger partial charge < -0.3 is 10.1 Å². The molecule has 1 aromatic carbocycles. The van der Waals surface area contributed by atoms with Crippen LogP contribution >= 0.6 is 0 Å². The molecule has 0 bridgehead atoms. The smallest absolute Gasteiger partial charge is 0.289 e. The highest BCUT2D eigenvalue weighted by Gasteiger charge is 2.43. The molecular formula is C16H18N4O2. The van der Waals surface area contributed by atoms with E-state index in [4.69, 9.17) is 4.74 Å². The van der Waals surface area contributed by atoms with Crippen molar-refractivity contribution in [2.45, 2.75) is 43.7 Å². The highest BCUT2D eigenvalue weighted by Crippen LogP contribution is 2.46. The standard InChI is InChI=1S/C16H18N4O2/c21-15(14-17-10-18-20-14)19-12-9-16(7-3-4-8-16)22-13-6-2-1-5-11(12)13/h1-2,5-6,10,12H,3-4,7-9H2,(H,19,21)(H,17,18,20)/t12-/m1/s1. The van der Waals surface area contributed by atoms with E-state index in [0.29, 0.717) is 0 Å². The summed E-state index contributed by atoms with van der Waals surface area (Å²) in [6.07, 6.45) is 6.62. The normalized spacial score (nSPS) is 22.1. The van der Waals surface area contributed by atoms with Crippen molar-refractivity contribution in [3.63, 3.8) is 0 Å². The summed E-state index contributed by atoms with van der Waals surface area (Å²) in [6, 6.07) is 7.90. The van der Waals surface area contributed by atoms with Gasteiger partial charge in [0.1, 0.15) is 17.7 Å². The van der Waals surface area contributed by atoms with Gasteiger partial charge in [0.2, 0.25) is 5.82 Å². The molecule has 22 heavy (non-hydrogen) atoms. The summed E-state index contributed by atoms with van der Waals surface area (Å²) in [5, 5.41) is 9.41.